The Morgan fingerprint density at radius 2 is 0.304 bits per heavy atom. The summed E-state index contributed by atoms with van der Waals surface area (Å²) in [6.45, 7) is 103. The molecule has 56 heavy (non-hydrogen) atoms. The van der Waals surface area contributed by atoms with Gasteiger partial charge in [-0.05, 0) is 60.5 Å². The average Bonchev–Trinajstić information content (AvgIpc) is 3.51. The Hall–Kier alpha value is 1.74. The normalized spacial score (nSPS) is 24.4. The van der Waals surface area contributed by atoms with Crippen LogP contribution in [0.3, 0.4) is 0 Å². The lowest BCUT2D eigenvalue weighted by molar-refractivity contribution is 0.550. The molecular formula is C48H108Si8. The highest BCUT2D eigenvalue weighted by Gasteiger charge is 3.16. The van der Waals surface area contributed by atoms with E-state index in [2.05, 4.69) is 249 Å². The van der Waals surface area contributed by atoms with Crippen molar-refractivity contribution in [3.05, 3.63) is 0 Å². The number of fused-ring (bicyclic) bond motifs is 1. The van der Waals surface area contributed by atoms with Crippen LogP contribution in [0.5, 0.6) is 0 Å². The van der Waals surface area contributed by atoms with Gasteiger partial charge >= 0.3 is 0 Å². The second-order valence-corrected chi connectivity index (χ2v) is 124. The van der Waals surface area contributed by atoms with Gasteiger partial charge in [0.15, 0.2) is 0 Å². The van der Waals surface area contributed by atoms with Crippen LogP contribution < -0.4 is 0 Å². The fourth-order valence-electron chi connectivity index (χ4n) is 22.6. The molecule has 2 saturated heterocycles. The van der Waals surface area contributed by atoms with Crippen molar-refractivity contribution < 1.29 is 0 Å². The Bertz CT molecular complexity index is 1200. The Morgan fingerprint density at radius 1 is 0.196 bits per heavy atom. The molecule has 2 heterocycles. The predicted octanol–water partition coefficient (Wildman–Crippen LogP) is 18.0. The Balaban J connectivity index is 4.23. The standard InChI is InChI=1S/C48H108Si8/c1-37(2,3)51(38(4,5)6,39(7,8)9)49-55(53(43(19,20)21,44(22,23)24)45(25,26)27)50(52(40(10,11)12,41(13,14)15)42(16,17)18)56(49,55)54(46(28,29)30,47(31,32)33)48(34,35)36/h1-36H3. The van der Waals surface area contributed by atoms with Gasteiger partial charge in [-0.1, -0.05) is 249 Å². The van der Waals surface area contributed by atoms with Gasteiger partial charge in [-0.25, -0.2) is 0 Å². The molecule has 2 aliphatic heterocycles. The first-order chi connectivity index (χ1) is 23.5. The first kappa shape index (κ1) is 53.9. The molecule has 2 fully saturated rings. The zero-order valence-corrected chi connectivity index (χ0v) is 54.0. The maximum atomic E-state index is 2.89. The van der Waals surface area contributed by atoms with E-state index in [0.29, 0.717) is 60.5 Å². The van der Waals surface area contributed by atoms with E-state index in [0.717, 1.165) is 0 Å². The summed E-state index contributed by atoms with van der Waals surface area (Å²) in [6.07, 6.45) is -4.13. The summed E-state index contributed by atoms with van der Waals surface area (Å²) in [6, 6.07) is 0. The summed E-state index contributed by atoms with van der Waals surface area (Å²) >= 11 is 0. The van der Waals surface area contributed by atoms with Crippen molar-refractivity contribution in [2.75, 3.05) is 0 Å². The Kier molecular flexibility index (Phi) is 12.7. The van der Waals surface area contributed by atoms with Gasteiger partial charge in [0.25, 0.3) is 0 Å². The molecule has 0 nitrogen and oxygen atoms in total. The molecule has 0 saturated carbocycles. The summed E-state index contributed by atoms with van der Waals surface area (Å²) < 4.78 is 0. The van der Waals surface area contributed by atoms with Crippen LogP contribution in [-0.2, 0) is 0 Å². The van der Waals surface area contributed by atoms with E-state index in [9.17, 15) is 0 Å². The SMILES string of the molecule is CC(C)(C)[Si]([Si]1[Si]2([Si](C(C)(C)C)(C(C)(C)C)C(C)(C)C)[Si]([Si](C(C)(C)C)(C(C)(C)C)C(C)(C)C)[Si]12[Si](C(C)(C)C)(C(C)(C)C)C(C)(C)C)(C(C)(C)C)C(C)(C)C. The van der Waals surface area contributed by atoms with E-state index in [1.54, 1.807) is 0 Å². The fourth-order valence-corrected chi connectivity index (χ4v) is 623. The van der Waals surface area contributed by atoms with E-state index in [-0.39, 0.29) is 0 Å². The summed E-state index contributed by atoms with van der Waals surface area (Å²) in [5.41, 5.74) is 0. The molecule has 332 valence electrons. The maximum absolute atomic E-state index is 2.89. The third-order valence-electron chi connectivity index (χ3n) is 17.3. The topological polar surface area (TPSA) is 0 Å². The van der Waals surface area contributed by atoms with Gasteiger partial charge < -0.3 is 0 Å². The third-order valence-corrected chi connectivity index (χ3v) is 262. The lowest BCUT2D eigenvalue weighted by Crippen LogP contribution is -2.88. The van der Waals surface area contributed by atoms with E-state index >= 15 is 0 Å². The van der Waals surface area contributed by atoms with Crippen molar-refractivity contribution in [1.82, 2.24) is 0 Å². The van der Waals surface area contributed by atoms with Crippen LogP contribution in [0.25, 0.3) is 0 Å². The molecule has 2 aliphatic rings. The van der Waals surface area contributed by atoms with E-state index < -0.39 is 57.4 Å². The minimum absolute atomic E-state index is 0.336. The van der Waals surface area contributed by atoms with Crippen molar-refractivity contribution in [1.29, 1.82) is 0 Å². The van der Waals surface area contributed by atoms with Crippen molar-refractivity contribution in [3.8, 4) is 0 Å². The van der Waals surface area contributed by atoms with Gasteiger partial charge in [0.2, 0.25) is 0 Å². The molecule has 0 spiro atoms. The van der Waals surface area contributed by atoms with Crippen LogP contribution in [0.1, 0.15) is 249 Å². The molecule has 0 unspecified atom stereocenters. The average molecular weight is 910 g/mol. The summed E-state index contributed by atoms with van der Waals surface area (Å²) in [7, 11) is -10.4. The Labute approximate surface area is 364 Å². The van der Waals surface area contributed by atoms with Crippen molar-refractivity contribution >= 4 is 57.4 Å². The first-order valence-electron chi connectivity index (χ1n) is 23.2. The molecule has 0 aromatic heterocycles. The smallest absolute Gasteiger partial charge is 0.0540 e. The van der Waals surface area contributed by atoms with Crippen LogP contribution in [-0.4, -0.2) is 57.4 Å². The van der Waals surface area contributed by atoms with Crippen LogP contribution in [0.2, 0.25) is 60.5 Å². The fraction of sp³-hybridized carbons (Fsp3) is 1.00. The highest BCUT2D eigenvalue weighted by Crippen LogP contribution is 2.93. The molecule has 0 aromatic rings. The zero-order valence-electron chi connectivity index (χ0n) is 46.0. The molecule has 2 rings (SSSR count). The van der Waals surface area contributed by atoms with Crippen LogP contribution in [0.15, 0.2) is 0 Å². The second kappa shape index (κ2) is 13.2. The minimum atomic E-state index is -2.26. The molecule has 0 N–H and O–H groups in total. The van der Waals surface area contributed by atoms with Gasteiger partial charge in [0, 0.05) is 27.0 Å². The van der Waals surface area contributed by atoms with Gasteiger partial charge in [0.05, 0.1) is 30.4 Å². The first-order valence-corrected chi connectivity index (χ1v) is 47.2. The highest BCUT2D eigenvalue weighted by atomic mass is 31.0. The lowest BCUT2D eigenvalue weighted by atomic mass is 10.2. The van der Waals surface area contributed by atoms with E-state index in [1.807, 2.05) is 0 Å². The van der Waals surface area contributed by atoms with Gasteiger partial charge in [0.1, 0.15) is 0 Å². The molecule has 0 aromatic carbocycles. The number of hydrogen-bond acceptors (Lipinski definition) is 0. The minimum Gasteiger partial charge on any atom is -0.0628 e. The van der Waals surface area contributed by atoms with Crippen molar-refractivity contribution in [3.63, 3.8) is 0 Å². The molecule has 2 radical (unpaired) electrons. The maximum Gasteiger partial charge on any atom is 0.0540 e. The van der Waals surface area contributed by atoms with Gasteiger partial charge in [-0.3, -0.25) is 0 Å². The van der Waals surface area contributed by atoms with E-state index in [1.165, 1.54) is 0 Å². The molecule has 0 aliphatic carbocycles. The van der Waals surface area contributed by atoms with Crippen LogP contribution in [0, 0.1) is 0 Å². The molecule has 0 amide bonds. The summed E-state index contributed by atoms with van der Waals surface area (Å²) in [5.74, 6) is 0. The predicted molar refractivity (Wildman–Crippen MR) is 283 cm³/mol. The summed E-state index contributed by atoms with van der Waals surface area (Å²) in [4.78, 5) is 0. The van der Waals surface area contributed by atoms with Crippen LogP contribution >= 0.6 is 0 Å². The van der Waals surface area contributed by atoms with Crippen molar-refractivity contribution in [2.24, 2.45) is 0 Å². The molecule has 0 bridgehead atoms. The quantitative estimate of drug-likeness (QED) is 0.247. The molecule has 8 heteroatoms. The van der Waals surface area contributed by atoms with Gasteiger partial charge in [-0.15, -0.1) is 0 Å². The largest absolute Gasteiger partial charge is 0.0628 e. The molecular weight excluding hydrogens is 801 g/mol. The monoisotopic (exact) mass is 909 g/mol. The molecule has 0 atom stereocenters. The summed E-state index contributed by atoms with van der Waals surface area (Å²) in [5, 5.41) is 4.07. The number of rotatable bonds is 4. The van der Waals surface area contributed by atoms with Crippen LogP contribution in [0.4, 0.5) is 0 Å². The van der Waals surface area contributed by atoms with Crippen molar-refractivity contribution in [2.45, 2.75) is 310 Å². The third kappa shape index (κ3) is 5.86. The lowest BCUT2D eigenvalue weighted by Gasteiger charge is -2.72. The number of hydrogen-bond donors (Lipinski definition) is 0. The van der Waals surface area contributed by atoms with Gasteiger partial charge in [-0.2, -0.15) is 0 Å². The second-order valence-electron chi connectivity index (χ2n) is 32.2. The zero-order chi connectivity index (χ0) is 46.2. The Morgan fingerprint density at radius 3 is 0.375 bits per heavy atom. The highest BCUT2D eigenvalue weighted by molar-refractivity contribution is 8.73. The van der Waals surface area contributed by atoms with E-state index in [4.69, 9.17) is 0 Å².